The third-order valence-electron chi connectivity index (χ3n) is 3.64. The van der Waals surface area contributed by atoms with Gasteiger partial charge in [0.25, 0.3) is 10.0 Å². The molecule has 2 heterocycles. The zero-order valence-corrected chi connectivity index (χ0v) is 14.3. The van der Waals surface area contributed by atoms with E-state index in [-0.39, 0.29) is 11.1 Å². The summed E-state index contributed by atoms with van der Waals surface area (Å²) in [4.78, 5) is 0. The molecule has 118 valence electrons. The maximum atomic E-state index is 13.9. The van der Waals surface area contributed by atoms with Crippen molar-refractivity contribution in [3.8, 4) is 0 Å². The summed E-state index contributed by atoms with van der Waals surface area (Å²) in [5, 5.41) is 1.77. The van der Waals surface area contributed by atoms with Gasteiger partial charge in [-0.05, 0) is 23.9 Å². The van der Waals surface area contributed by atoms with Crippen molar-refractivity contribution in [2.75, 3.05) is 18.8 Å². The Labute approximate surface area is 138 Å². The molecule has 1 saturated heterocycles. The van der Waals surface area contributed by atoms with Gasteiger partial charge < -0.3 is 0 Å². The van der Waals surface area contributed by atoms with Crippen molar-refractivity contribution in [2.24, 2.45) is 0 Å². The van der Waals surface area contributed by atoms with Gasteiger partial charge in [0.1, 0.15) is 10.0 Å². The van der Waals surface area contributed by atoms with Crippen LogP contribution < -0.4 is 0 Å². The smallest absolute Gasteiger partial charge is 0.207 e. The Hall–Kier alpha value is -0.890. The van der Waals surface area contributed by atoms with E-state index in [4.69, 9.17) is 0 Å². The lowest BCUT2D eigenvalue weighted by Crippen LogP contribution is -2.32. The molecule has 1 fully saturated rings. The number of rotatable bonds is 3. The van der Waals surface area contributed by atoms with Gasteiger partial charge in [-0.25, -0.2) is 12.8 Å². The molecule has 0 aliphatic carbocycles. The highest BCUT2D eigenvalue weighted by molar-refractivity contribution is 7.99. The minimum Gasteiger partial charge on any atom is -0.207 e. The Kier molecular flexibility index (Phi) is 4.87. The van der Waals surface area contributed by atoms with Gasteiger partial charge in [0.2, 0.25) is 0 Å². The first-order valence-electron chi connectivity index (χ1n) is 6.99. The van der Waals surface area contributed by atoms with Gasteiger partial charge in [0.15, 0.2) is 0 Å². The fourth-order valence-electron chi connectivity index (χ4n) is 2.51. The number of benzene rings is 1. The van der Waals surface area contributed by atoms with Crippen LogP contribution in [0.15, 0.2) is 46.0 Å². The lowest BCUT2D eigenvalue weighted by Gasteiger charge is -2.19. The molecule has 1 aromatic carbocycles. The second-order valence-corrected chi connectivity index (χ2v) is 9.43. The van der Waals surface area contributed by atoms with Crippen LogP contribution in [0.2, 0.25) is 0 Å². The lowest BCUT2D eigenvalue weighted by atomic mass is 10.1. The lowest BCUT2D eigenvalue weighted by molar-refractivity contribution is 0.428. The van der Waals surface area contributed by atoms with E-state index in [1.165, 1.54) is 21.7 Å². The Balaban J connectivity index is 1.77. The Morgan fingerprint density at radius 3 is 2.68 bits per heavy atom. The zero-order valence-electron chi connectivity index (χ0n) is 11.8. The van der Waals surface area contributed by atoms with Crippen molar-refractivity contribution in [2.45, 2.75) is 15.9 Å². The van der Waals surface area contributed by atoms with Gasteiger partial charge in [-0.3, -0.25) is 0 Å². The molecule has 0 amide bonds. The Morgan fingerprint density at radius 2 is 1.95 bits per heavy atom. The summed E-state index contributed by atoms with van der Waals surface area (Å²) in [6.07, 6.45) is 0.621. The number of nitrogens with zero attached hydrogens (tertiary/aromatic N) is 1. The summed E-state index contributed by atoms with van der Waals surface area (Å²) in [5.41, 5.74) is 0.669. The van der Waals surface area contributed by atoms with Crippen LogP contribution in [-0.4, -0.2) is 31.6 Å². The number of thiophene rings is 1. The molecule has 0 saturated carbocycles. The van der Waals surface area contributed by atoms with Crippen LogP contribution in [0.4, 0.5) is 4.39 Å². The molecule has 1 unspecified atom stereocenters. The molecule has 7 heteroatoms. The molecule has 0 bridgehead atoms. The highest BCUT2D eigenvalue weighted by Gasteiger charge is 2.29. The van der Waals surface area contributed by atoms with E-state index in [1.807, 2.05) is 6.07 Å². The first-order valence-corrected chi connectivity index (χ1v) is 10.4. The van der Waals surface area contributed by atoms with Gasteiger partial charge in [0, 0.05) is 29.7 Å². The second kappa shape index (κ2) is 6.70. The summed E-state index contributed by atoms with van der Waals surface area (Å²) in [7, 11) is -3.41. The SMILES string of the molecule is O=S(=O)(c1cccs1)N1CCSC(c2ccccc2F)CC1. The monoisotopic (exact) mass is 357 g/mol. The van der Waals surface area contributed by atoms with Crippen LogP contribution in [-0.2, 0) is 10.0 Å². The van der Waals surface area contributed by atoms with E-state index >= 15 is 0 Å². The standard InChI is InChI=1S/C15H16FNO2S3/c16-13-5-2-1-4-12(13)14-7-8-17(9-11-20-14)22(18,19)15-6-3-10-21-15/h1-6,10,14H,7-9,11H2. The summed E-state index contributed by atoms with van der Waals surface area (Å²) in [5.74, 6) is 0.457. The Morgan fingerprint density at radius 1 is 1.14 bits per heavy atom. The summed E-state index contributed by atoms with van der Waals surface area (Å²) < 4.78 is 40.9. The quantitative estimate of drug-likeness (QED) is 0.839. The van der Waals surface area contributed by atoms with Crippen molar-refractivity contribution >= 4 is 33.1 Å². The molecule has 1 aliphatic heterocycles. The average Bonchev–Trinajstić information content (AvgIpc) is 2.94. The largest absolute Gasteiger partial charge is 0.252 e. The van der Waals surface area contributed by atoms with Crippen LogP contribution in [0.3, 0.4) is 0 Å². The molecule has 22 heavy (non-hydrogen) atoms. The maximum absolute atomic E-state index is 13.9. The molecule has 0 spiro atoms. The van der Waals surface area contributed by atoms with Crippen LogP contribution in [0.5, 0.6) is 0 Å². The molecule has 1 aromatic heterocycles. The molecule has 1 atom stereocenters. The van der Waals surface area contributed by atoms with Crippen molar-refractivity contribution in [1.29, 1.82) is 0 Å². The van der Waals surface area contributed by atoms with Crippen molar-refractivity contribution in [3.63, 3.8) is 0 Å². The third kappa shape index (κ3) is 3.22. The Bertz CT molecular complexity index is 731. The van der Waals surface area contributed by atoms with E-state index in [9.17, 15) is 12.8 Å². The normalized spacial score (nSPS) is 20.7. The molecule has 0 radical (unpaired) electrons. The maximum Gasteiger partial charge on any atom is 0.252 e. The fraction of sp³-hybridized carbons (Fsp3) is 0.333. The molecule has 1 aliphatic rings. The van der Waals surface area contributed by atoms with Crippen LogP contribution in [0.25, 0.3) is 0 Å². The summed E-state index contributed by atoms with van der Waals surface area (Å²) in [6, 6.07) is 10.1. The summed E-state index contributed by atoms with van der Waals surface area (Å²) >= 11 is 2.86. The van der Waals surface area contributed by atoms with Crippen molar-refractivity contribution < 1.29 is 12.8 Å². The van der Waals surface area contributed by atoms with Gasteiger partial charge in [-0.15, -0.1) is 11.3 Å². The molecule has 3 nitrogen and oxygen atoms in total. The van der Waals surface area contributed by atoms with Crippen molar-refractivity contribution in [3.05, 3.63) is 53.2 Å². The fourth-order valence-corrected chi connectivity index (χ4v) is 6.48. The highest BCUT2D eigenvalue weighted by Crippen LogP contribution is 2.36. The first kappa shape index (κ1) is 16.0. The zero-order chi connectivity index (χ0) is 15.6. The van der Waals surface area contributed by atoms with Gasteiger partial charge in [-0.1, -0.05) is 24.3 Å². The van der Waals surface area contributed by atoms with Crippen LogP contribution >= 0.6 is 23.1 Å². The highest BCUT2D eigenvalue weighted by atomic mass is 32.2. The first-order chi connectivity index (χ1) is 10.6. The summed E-state index contributed by atoms with van der Waals surface area (Å²) in [6.45, 7) is 0.891. The minimum atomic E-state index is -3.41. The minimum absolute atomic E-state index is 0.00438. The van der Waals surface area contributed by atoms with E-state index in [2.05, 4.69) is 0 Å². The average molecular weight is 357 g/mol. The molecule has 2 aromatic rings. The number of hydrogen-bond donors (Lipinski definition) is 0. The van der Waals surface area contributed by atoms with E-state index < -0.39 is 10.0 Å². The molecular weight excluding hydrogens is 341 g/mol. The van der Waals surface area contributed by atoms with Crippen LogP contribution in [0, 0.1) is 5.82 Å². The number of hydrogen-bond acceptors (Lipinski definition) is 4. The molecule has 0 N–H and O–H groups in total. The molecular formula is C15H16FNO2S3. The molecule has 3 rings (SSSR count). The number of sulfonamides is 1. The van der Waals surface area contributed by atoms with E-state index in [0.717, 1.165) is 0 Å². The van der Waals surface area contributed by atoms with Crippen LogP contribution in [0.1, 0.15) is 17.2 Å². The van der Waals surface area contributed by atoms with Gasteiger partial charge >= 0.3 is 0 Å². The second-order valence-electron chi connectivity index (χ2n) is 5.01. The third-order valence-corrected chi connectivity index (χ3v) is 8.22. The van der Waals surface area contributed by atoms with Gasteiger partial charge in [0.05, 0.1) is 0 Å². The van der Waals surface area contributed by atoms with Gasteiger partial charge in [-0.2, -0.15) is 16.1 Å². The number of thioether (sulfide) groups is 1. The van der Waals surface area contributed by atoms with E-state index in [1.54, 1.807) is 41.4 Å². The predicted molar refractivity (Wildman–Crippen MR) is 89.3 cm³/mol. The number of halogens is 1. The topological polar surface area (TPSA) is 37.4 Å². The predicted octanol–water partition coefficient (Wildman–Crippen LogP) is 3.76. The van der Waals surface area contributed by atoms with E-state index in [0.29, 0.717) is 35.0 Å². The van der Waals surface area contributed by atoms with Crippen molar-refractivity contribution in [1.82, 2.24) is 4.31 Å².